The summed E-state index contributed by atoms with van der Waals surface area (Å²) in [6.07, 6.45) is 9.58. The Labute approximate surface area is 96.4 Å². The fourth-order valence-corrected chi connectivity index (χ4v) is 0.810. The van der Waals surface area contributed by atoms with Crippen molar-refractivity contribution in [3.8, 4) is 12.1 Å². The second-order valence-corrected chi connectivity index (χ2v) is 2.88. The maximum Gasteiger partial charge on any atom is 0.100 e. The second kappa shape index (κ2) is 13.1. The number of ether oxygens (including phenoxy) is 2. The van der Waals surface area contributed by atoms with Crippen molar-refractivity contribution in [3.63, 3.8) is 0 Å². The molecule has 0 aliphatic carbocycles. The van der Waals surface area contributed by atoms with Gasteiger partial charge in [-0.2, -0.15) is 10.5 Å². The van der Waals surface area contributed by atoms with E-state index in [1.54, 1.807) is 12.5 Å². The highest BCUT2D eigenvalue weighted by Gasteiger charge is 1.82. The van der Waals surface area contributed by atoms with Crippen LogP contribution in [-0.2, 0) is 9.47 Å². The monoisotopic (exact) mass is 220 g/mol. The lowest BCUT2D eigenvalue weighted by Gasteiger charge is -1.94. The summed E-state index contributed by atoms with van der Waals surface area (Å²) in [7, 11) is 0. The van der Waals surface area contributed by atoms with Gasteiger partial charge in [0.1, 0.15) is 13.2 Å². The van der Waals surface area contributed by atoms with Gasteiger partial charge in [-0.1, -0.05) is 0 Å². The Hall–Kier alpha value is -1.94. The van der Waals surface area contributed by atoms with Crippen molar-refractivity contribution >= 4 is 0 Å². The predicted molar refractivity (Wildman–Crippen MR) is 59.9 cm³/mol. The van der Waals surface area contributed by atoms with E-state index in [-0.39, 0.29) is 0 Å². The lowest BCUT2D eigenvalue weighted by atomic mass is 10.3. The minimum Gasteiger partial charge on any atom is -0.500 e. The standard InChI is InChI=1S/C12H16N2O2/c13-7-5-11-15-9-3-1-2-4-10-16-12-6-8-14/h3-4,9-10H,1-2,5-6,11-12H2/b9-3+,10-4+. The normalized spacial score (nSPS) is 10.1. The van der Waals surface area contributed by atoms with Gasteiger partial charge < -0.3 is 9.47 Å². The van der Waals surface area contributed by atoms with E-state index in [0.717, 1.165) is 12.8 Å². The maximum absolute atomic E-state index is 8.23. The second-order valence-electron chi connectivity index (χ2n) is 2.88. The first kappa shape index (κ1) is 14.1. The highest BCUT2D eigenvalue weighted by atomic mass is 16.5. The molecule has 0 saturated carbocycles. The summed E-state index contributed by atoms with van der Waals surface area (Å²) in [6.45, 7) is 0.889. The third-order valence-electron chi connectivity index (χ3n) is 1.55. The van der Waals surface area contributed by atoms with E-state index >= 15 is 0 Å². The fourth-order valence-electron chi connectivity index (χ4n) is 0.810. The zero-order valence-corrected chi connectivity index (χ0v) is 9.26. The van der Waals surface area contributed by atoms with Gasteiger partial charge in [0.05, 0.1) is 37.5 Å². The number of rotatable bonds is 9. The summed E-state index contributed by atoms with van der Waals surface area (Å²) >= 11 is 0. The molecular formula is C12H16N2O2. The Morgan fingerprint density at radius 2 is 1.25 bits per heavy atom. The number of unbranched alkanes of at least 4 members (excludes halogenated alkanes) is 1. The Morgan fingerprint density at radius 3 is 1.62 bits per heavy atom. The van der Waals surface area contributed by atoms with Crippen LogP contribution in [0.25, 0.3) is 0 Å². The van der Waals surface area contributed by atoms with Crippen LogP contribution < -0.4 is 0 Å². The molecule has 0 aromatic heterocycles. The topological polar surface area (TPSA) is 66.0 Å². The first-order valence-corrected chi connectivity index (χ1v) is 5.19. The van der Waals surface area contributed by atoms with Crippen molar-refractivity contribution < 1.29 is 9.47 Å². The highest BCUT2D eigenvalue weighted by Crippen LogP contribution is 1.94. The average molecular weight is 220 g/mol. The third-order valence-corrected chi connectivity index (χ3v) is 1.55. The SMILES string of the molecule is N#CCCO/C=C/CC/C=C/OCCC#N. The molecule has 16 heavy (non-hydrogen) atoms. The maximum atomic E-state index is 8.23. The summed E-state index contributed by atoms with van der Waals surface area (Å²) in [5, 5.41) is 16.5. The van der Waals surface area contributed by atoms with Crippen molar-refractivity contribution in [2.75, 3.05) is 13.2 Å². The molecule has 0 atom stereocenters. The van der Waals surface area contributed by atoms with Crippen LogP contribution >= 0.6 is 0 Å². The number of hydrogen-bond donors (Lipinski definition) is 0. The van der Waals surface area contributed by atoms with Gasteiger partial charge in [0, 0.05) is 0 Å². The molecule has 0 aliphatic rings. The van der Waals surface area contributed by atoms with Crippen LogP contribution in [0.3, 0.4) is 0 Å². The zero-order chi connectivity index (χ0) is 11.9. The molecule has 4 nitrogen and oxygen atoms in total. The van der Waals surface area contributed by atoms with Crippen molar-refractivity contribution in [2.24, 2.45) is 0 Å². The highest BCUT2D eigenvalue weighted by molar-refractivity contribution is 4.82. The van der Waals surface area contributed by atoms with E-state index in [9.17, 15) is 0 Å². The molecule has 0 saturated heterocycles. The molecule has 0 radical (unpaired) electrons. The number of hydrogen-bond acceptors (Lipinski definition) is 4. The number of allylic oxidation sites excluding steroid dienone is 2. The van der Waals surface area contributed by atoms with Gasteiger partial charge in [0.2, 0.25) is 0 Å². The molecule has 4 heteroatoms. The van der Waals surface area contributed by atoms with Gasteiger partial charge in [-0.25, -0.2) is 0 Å². The molecular weight excluding hydrogens is 204 g/mol. The fraction of sp³-hybridized carbons (Fsp3) is 0.500. The summed E-state index contributed by atoms with van der Waals surface area (Å²) in [6, 6.07) is 3.99. The van der Waals surface area contributed by atoms with Gasteiger partial charge in [-0.15, -0.1) is 0 Å². The van der Waals surface area contributed by atoms with Crippen LogP contribution in [0.1, 0.15) is 25.7 Å². The molecule has 0 aliphatic heterocycles. The molecule has 0 rings (SSSR count). The van der Waals surface area contributed by atoms with E-state index < -0.39 is 0 Å². The minimum absolute atomic E-state index is 0.414. The van der Waals surface area contributed by atoms with Crippen LogP contribution in [-0.4, -0.2) is 13.2 Å². The van der Waals surface area contributed by atoms with Crippen molar-refractivity contribution in [1.82, 2.24) is 0 Å². The molecule has 0 bridgehead atoms. The molecule has 0 aromatic carbocycles. The van der Waals surface area contributed by atoms with Crippen LogP contribution in [0.5, 0.6) is 0 Å². The Bertz CT molecular complexity index is 254. The zero-order valence-electron chi connectivity index (χ0n) is 9.26. The molecule has 0 heterocycles. The largest absolute Gasteiger partial charge is 0.500 e. The molecule has 0 aromatic rings. The van der Waals surface area contributed by atoms with E-state index in [1.807, 2.05) is 24.3 Å². The van der Waals surface area contributed by atoms with E-state index in [1.165, 1.54) is 0 Å². The Balaban J connectivity index is 3.20. The van der Waals surface area contributed by atoms with Gasteiger partial charge >= 0.3 is 0 Å². The van der Waals surface area contributed by atoms with Gasteiger partial charge in [-0.3, -0.25) is 0 Å². The predicted octanol–water partition coefficient (Wildman–Crippen LogP) is 2.65. The molecule has 0 amide bonds. The minimum atomic E-state index is 0.414. The number of nitrogens with zero attached hydrogens (tertiary/aromatic N) is 2. The molecule has 86 valence electrons. The van der Waals surface area contributed by atoms with E-state index in [4.69, 9.17) is 20.0 Å². The molecule has 0 fully saturated rings. The summed E-state index contributed by atoms with van der Waals surface area (Å²) < 4.78 is 10.1. The first-order valence-electron chi connectivity index (χ1n) is 5.19. The van der Waals surface area contributed by atoms with Gasteiger partial charge in [0.25, 0.3) is 0 Å². The van der Waals surface area contributed by atoms with Crippen molar-refractivity contribution in [1.29, 1.82) is 10.5 Å². The summed E-state index contributed by atoms with van der Waals surface area (Å²) in [5.74, 6) is 0. The van der Waals surface area contributed by atoms with Crippen LogP contribution in [0.4, 0.5) is 0 Å². The van der Waals surface area contributed by atoms with Crippen LogP contribution in [0, 0.1) is 22.7 Å². The molecule has 0 unspecified atom stereocenters. The molecule has 0 N–H and O–H groups in total. The van der Waals surface area contributed by atoms with Crippen molar-refractivity contribution in [2.45, 2.75) is 25.7 Å². The Kier molecular flexibility index (Phi) is 11.5. The first-order chi connectivity index (χ1) is 7.91. The number of nitriles is 2. The average Bonchev–Trinajstić information content (AvgIpc) is 2.31. The van der Waals surface area contributed by atoms with E-state index in [0.29, 0.717) is 26.1 Å². The lowest BCUT2D eigenvalue weighted by molar-refractivity contribution is 0.255. The van der Waals surface area contributed by atoms with Crippen LogP contribution in [0.2, 0.25) is 0 Å². The van der Waals surface area contributed by atoms with E-state index in [2.05, 4.69) is 0 Å². The quantitative estimate of drug-likeness (QED) is 0.442. The van der Waals surface area contributed by atoms with Gasteiger partial charge in [0.15, 0.2) is 0 Å². The summed E-state index contributed by atoms with van der Waals surface area (Å²) in [5.41, 5.74) is 0. The third kappa shape index (κ3) is 12.1. The van der Waals surface area contributed by atoms with Crippen molar-refractivity contribution in [3.05, 3.63) is 24.7 Å². The van der Waals surface area contributed by atoms with Crippen LogP contribution in [0.15, 0.2) is 24.7 Å². The Morgan fingerprint density at radius 1 is 0.812 bits per heavy atom. The lowest BCUT2D eigenvalue weighted by Crippen LogP contribution is -1.84. The molecule has 0 spiro atoms. The smallest absolute Gasteiger partial charge is 0.100 e. The van der Waals surface area contributed by atoms with Gasteiger partial charge in [-0.05, 0) is 25.0 Å². The summed E-state index contributed by atoms with van der Waals surface area (Å²) in [4.78, 5) is 0.